The van der Waals surface area contributed by atoms with E-state index < -0.39 is 0 Å². The molecule has 0 radical (unpaired) electrons. The van der Waals surface area contributed by atoms with Crippen LogP contribution in [0.25, 0.3) is 0 Å². The van der Waals surface area contributed by atoms with Crippen molar-refractivity contribution < 1.29 is 4.79 Å². The molecule has 0 bridgehead atoms. The summed E-state index contributed by atoms with van der Waals surface area (Å²) >= 11 is 0. The largest absolute Gasteiger partial charge is 0.352 e. The van der Waals surface area contributed by atoms with Gasteiger partial charge in [0, 0.05) is 6.04 Å². The van der Waals surface area contributed by atoms with Crippen molar-refractivity contribution in [2.24, 2.45) is 11.7 Å². The van der Waals surface area contributed by atoms with E-state index in [1.807, 2.05) is 21.0 Å². The maximum absolute atomic E-state index is 11.7. The monoisotopic (exact) mass is 229 g/mol. The predicted octanol–water partition coefficient (Wildman–Crippen LogP) is 0.816. The molecular formula is C12H27N3O. The summed E-state index contributed by atoms with van der Waals surface area (Å²) in [6, 6.07) is -0.185. The van der Waals surface area contributed by atoms with E-state index in [9.17, 15) is 4.79 Å². The fourth-order valence-corrected chi connectivity index (χ4v) is 1.49. The zero-order chi connectivity index (χ0) is 12.7. The van der Waals surface area contributed by atoms with Crippen molar-refractivity contribution in [3.63, 3.8) is 0 Å². The van der Waals surface area contributed by atoms with Crippen LogP contribution in [0.5, 0.6) is 0 Å². The van der Waals surface area contributed by atoms with Crippen molar-refractivity contribution >= 4 is 5.91 Å². The highest BCUT2D eigenvalue weighted by molar-refractivity contribution is 5.81. The van der Waals surface area contributed by atoms with Crippen LogP contribution in [0.3, 0.4) is 0 Å². The fraction of sp³-hybridized carbons (Fsp3) is 0.917. The lowest BCUT2D eigenvalue weighted by molar-refractivity contribution is -0.123. The molecule has 0 aromatic rings. The van der Waals surface area contributed by atoms with Gasteiger partial charge in [-0.25, -0.2) is 0 Å². The second-order valence-electron chi connectivity index (χ2n) is 5.24. The molecule has 0 aliphatic rings. The van der Waals surface area contributed by atoms with Gasteiger partial charge in [0.1, 0.15) is 0 Å². The zero-order valence-corrected chi connectivity index (χ0v) is 11.3. The molecule has 0 aliphatic carbocycles. The first kappa shape index (κ1) is 15.4. The molecule has 2 atom stereocenters. The van der Waals surface area contributed by atoms with Crippen LogP contribution in [0.4, 0.5) is 0 Å². The summed E-state index contributed by atoms with van der Waals surface area (Å²) in [5.74, 6) is 0.429. The number of carbonyl (C=O) groups excluding carboxylic acids is 1. The molecule has 4 nitrogen and oxygen atoms in total. The number of hydrogen-bond donors (Lipinski definition) is 2. The molecule has 0 saturated heterocycles. The minimum atomic E-state index is -0.373. The van der Waals surface area contributed by atoms with Crippen LogP contribution in [-0.4, -0.2) is 43.5 Å². The minimum absolute atomic E-state index is 0.0278. The molecule has 1 amide bonds. The number of nitrogens with zero attached hydrogens (tertiary/aromatic N) is 1. The molecule has 16 heavy (non-hydrogen) atoms. The van der Waals surface area contributed by atoms with E-state index in [-0.39, 0.29) is 18.0 Å². The summed E-state index contributed by atoms with van der Waals surface area (Å²) in [6.45, 7) is 7.13. The Labute approximate surface area is 99.6 Å². The van der Waals surface area contributed by atoms with E-state index in [2.05, 4.69) is 24.1 Å². The van der Waals surface area contributed by atoms with Crippen LogP contribution < -0.4 is 11.1 Å². The lowest BCUT2D eigenvalue weighted by Gasteiger charge is -2.20. The molecule has 0 spiro atoms. The lowest BCUT2D eigenvalue weighted by atomic mass is 10.0. The van der Waals surface area contributed by atoms with E-state index in [1.165, 1.54) is 0 Å². The van der Waals surface area contributed by atoms with Gasteiger partial charge in [0.25, 0.3) is 0 Å². The first-order valence-electron chi connectivity index (χ1n) is 6.03. The number of hydrogen-bond acceptors (Lipinski definition) is 3. The molecule has 0 saturated carbocycles. The van der Waals surface area contributed by atoms with Gasteiger partial charge in [0.2, 0.25) is 5.91 Å². The standard InChI is InChI=1S/C12H27N3O/c1-9(2)8-11(13)12(16)14-10(3)6-7-15(4)5/h9-11H,6-8,13H2,1-5H3,(H,14,16). The van der Waals surface area contributed by atoms with Crippen molar-refractivity contribution in [1.29, 1.82) is 0 Å². The smallest absolute Gasteiger partial charge is 0.237 e. The van der Waals surface area contributed by atoms with E-state index in [4.69, 9.17) is 5.73 Å². The van der Waals surface area contributed by atoms with Gasteiger partial charge in [-0.2, -0.15) is 0 Å². The Hall–Kier alpha value is -0.610. The van der Waals surface area contributed by atoms with Gasteiger partial charge in [-0.05, 0) is 46.3 Å². The molecular weight excluding hydrogens is 202 g/mol. The quantitative estimate of drug-likeness (QED) is 0.679. The molecule has 0 fully saturated rings. The topological polar surface area (TPSA) is 58.4 Å². The van der Waals surface area contributed by atoms with E-state index in [0.717, 1.165) is 19.4 Å². The van der Waals surface area contributed by atoms with Gasteiger partial charge < -0.3 is 16.0 Å². The Morgan fingerprint density at radius 2 is 1.88 bits per heavy atom. The first-order valence-corrected chi connectivity index (χ1v) is 6.03. The van der Waals surface area contributed by atoms with Crippen molar-refractivity contribution in [3.05, 3.63) is 0 Å². The Balaban J connectivity index is 3.85. The van der Waals surface area contributed by atoms with Crippen molar-refractivity contribution in [2.45, 2.75) is 45.7 Å². The van der Waals surface area contributed by atoms with E-state index >= 15 is 0 Å². The Morgan fingerprint density at radius 3 is 2.31 bits per heavy atom. The predicted molar refractivity (Wildman–Crippen MR) is 68.2 cm³/mol. The van der Waals surface area contributed by atoms with Crippen molar-refractivity contribution in [3.8, 4) is 0 Å². The Morgan fingerprint density at radius 1 is 1.31 bits per heavy atom. The molecule has 4 heteroatoms. The third-order valence-corrected chi connectivity index (χ3v) is 2.46. The van der Waals surface area contributed by atoms with Crippen LogP contribution in [-0.2, 0) is 4.79 Å². The zero-order valence-electron chi connectivity index (χ0n) is 11.3. The van der Waals surface area contributed by atoms with Crippen LogP contribution in [0.15, 0.2) is 0 Å². The average Bonchev–Trinajstić information content (AvgIpc) is 2.13. The van der Waals surface area contributed by atoms with Gasteiger partial charge in [0.05, 0.1) is 6.04 Å². The third-order valence-electron chi connectivity index (χ3n) is 2.46. The minimum Gasteiger partial charge on any atom is -0.352 e. The normalized spacial score (nSPS) is 15.2. The fourth-order valence-electron chi connectivity index (χ4n) is 1.49. The van der Waals surface area contributed by atoms with Crippen molar-refractivity contribution in [2.75, 3.05) is 20.6 Å². The maximum atomic E-state index is 11.7. The summed E-state index contributed by atoms with van der Waals surface area (Å²) in [5, 5.41) is 2.95. The average molecular weight is 229 g/mol. The van der Waals surface area contributed by atoms with Gasteiger partial charge in [-0.3, -0.25) is 4.79 Å². The summed E-state index contributed by atoms with van der Waals surface area (Å²) in [4.78, 5) is 13.8. The third kappa shape index (κ3) is 7.65. The second-order valence-corrected chi connectivity index (χ2v) is 5.24. The number of amides is 1. The van der Waals surface area contributed by atoms with Crippen LogP contribution in [0.2, 0.25) is 0 Å². The molecule has 0 aromatic heterocycles. The summed E-state index contributed by atoms with van der Waals surface area (Å²) in [6.07, 6.45) is 1.69. The number of nitrogens with one attached hydrogen (secondary N) is 1. The second kappa shape index (κ2) is 7.63. The van der Waals surface area contributed by atoms with Gasteiger partial charge >= 0.3 is 0 Å². The van der Waals surface area contributed by atoms with Crippen LogP contribution in [0, 0.1) is 5.92 Å². The molecule has 0 aliphatic heterocycles. The number of nitrogens with two attached hydrogens (primary N) is 1. The van der Waals surface area contributed by atoms with Gasteiger partial charge in [-0.15, -0.1) is 0 Å². The number of carbonyl (C=O) groups is 1. The van der Waals surface area contributed by atoms with Gasteiger partial charge in [-0.1, -0.05) is 13.8 Å². The highest BCUT2D eigenvalue weighted by atomic mass is 16.2. The Kier molecular flexibility index (Phi) is 7.34. The molecule has 0 rings (SSSR count). The Bertz CT molecular complexity index is 204. The van der Waals surface area contributed by atoms with Crippen LogP contribution >= 0.6 is 0 Å². The van der Waals surface area contributed by atoms with Gasteiger partial charge in [0.15, 0.2) is 0 Å². The highest BCUT2D eigenvalue weighted by Gasteiger charge is 2.16. The molecule has 0 aromatic carbocycles. The van der Waals surface area contributed by atoms with Crippen molar-refractivity contribution in [1.82, 2.24) is 10.2 Å². The summed E-state index contributed by atoms with van der Waals surface area (Å²) < 4.78 is 0. The molecule has 2 unspecified atom stereocenters. The SMILES string of the molecule is CC(C)CC(N)C(=O)NC(C)CCN(C)C. The molecule has 3 N–H and O–H groups in total. The van der Waals surface area contributed by atoms with E-state index in [0.29, 0.717) is 5.92 Å². The molecule has 0 heterocycles. The number of rotatable bonds is 7. The van der Waals surface area contributed by atoms with Crippen LogP contribution in [0.1, 0.15) is 33.6 Å². The highest BCUT2D eigenvalue weighted by Crippen LogP contribution is 2.03. The summed E-state index contributed by atoms with van der Waals surface area (Å²) in [7, 11) is 4.05. The molecule has 96 valence electrons. The van der Waals surface area contributed by atoms with E-state index in [1.54, 1.807) is 0 Å². The first-order chi connectivity index (χ1) is 7.32. The lowest BCUT2D eigenvalue weighted by Crippen LogP contribution is -2.45. The maximum Gasteiger partial charge on any atom is 0.237 e. The summed E-state index contributed by atoms with van der Waals surface area (Å²) in [5.41, 5.74) is 5.80.